The first-order chi connectivity index (χ1) is 9.63. The molecular formula is C15H23N3O2. The van der Waals surface area contributed by atoms with Crippen LogP contribution in [-0.2, 0) is 0 Å². The van der Waals surface area contributed by atoms with Crippen LogP contribution in [0.15, 0.2) is 18.3 Å². The summed E-state index contributed by atoms with van der Waals surface area (Å²) in [4.78, 5) is 20.7. The van der Waals surface area contributed by atoms with Crippen LogP contribution >= 0.6 is 0 Å². The zero-order valence-corrected chi connectivity index (χ0v) is 12.2. The molecule has 0 aromatic carbocycles. The van der Waals surface area contributed by atoms with Gasteiger partial charge in [0.05, 0.1) is 5.56 Å². The molecular weight excluding hydrogens is 254 g/mol. The Bertz CT molecular complexity index is 441. The molecule has 0 radical (unpaired) electrons. The lowest BCUT2D eigenvalue weighted by molar-refractivity contribution is 0.0562. The molecule has 0 aliphatic heterocycles. The summed E-state index contributed by atoms with van der Waals surface area (Å²) in [6.45, 7) is 0.740. The van der Waals surface area contributed by atoms with Gasteiger partial charge in [-0.1, -0.05) is 0 Å². The number of nitrogens with zero attached hydrogens (tertiary/aromatic N) is 3. The monoisotopic (exact) mass is 277 g/mol. The Morgan fingerprint density at radius 1 is 1.40 bits per heavy atom. The quantitative estimate of drug-likeness (QED) is 0.856. The first kappa shape index (κ1) is 14.8. The molecule has 1 aromatic rings. The topological polar surface area (TPSA) is 56.7 Å². The Balaban J connectivity index is 2.09. The van der Waals surface area contributed by atoms with Crippen molar-refractivity contribution in [3.63, 3.8) is 0 Å². The highest BCUT2D eigenvalue weighted by Crippen LogP contribution is 2.26. The molecule has 0 unspecified atom stereocenters. The van der Waals surface area contributed by atoms with Crippen LogP contribution in [0.1, 0.15) is 36.0 Å². The molecule has 1 amide bonds. The van der Waals surface area contributed by atoms with E-state index in [9.17, 15) is 4.79 Å². The average Bonchev–Trinajstić information content (AvgIpc) is 2.40. The van der Waals surface area contributed by atoms with Gasteiger partial charge in [-0.25, -0.2) is 4.98 Å². The summed E-state index contributed by atoms with van der Waals surface area (Å²) in [5.74, 6) is 0.869. The van der Waals surface area contributed by atoms with E-state index in [0.717, 1.165) is 18.7 Å². The zero-order valence-electron chi connectivity index (χ0n) is 12.2. The molecule has 20 heavy (non-hydrogen) atoms. The highest BCUT2D eigenvalue weighted by molar-refractivity contribution is 5.94. The van der Waals surface area contributed by atoms with E-state index >= 15 is 0 Å². The summed E-state index contributed by atoms with van der Waals surface area (Å²) < 4.78 is 0. The van der Waals surface area contributed by atoms with Gasteiger partial charge in [0.2, 0.25) is 0 Å². The fourth-order valence-corrected chi connectivity index (χ4v) is 2.33. The lowest BCUT2D eigenvalue weighted by Gasteiger charge is -2.37. The number of anilines is 1. The number of pyridine rings is 1. The van der Waals surface area contributed by atoms with E-state index in [1.54, 1.807) is 6.20 Å². The van der Waals surface area contributed by atoms with Crippen LogP contribution < -0.4 is 4.90 Å². The molecule has 1 aromatic heterocycles. The van der Waals surface area contributed by atoms with Crippen molar-refractivity contribution in [2.24, 2.45) is 0 Å². The molecule has 0 bridgehead atoms. The summed E-state index contributed by atoms with van der Waals surface area (Å²) in [5.41, 5.74) is 0.625. The molecule has 1 heterocycles. The molecule has 1 aliphatic rings. The number of carbonyl (C=O) groups excluding carboxylic acids is 1. The molecule has 5 heteroatoms. The number of hydrogen-bond donors (Lipinski definition) is 1. The van der Waals surface area contributed by atoms with E-state index < -0.39 is 0 Å². The third-order valence-corrected chi connectivity index (χ3v) is 3.79. The normalized spacial score (nSPS) is 14.8. The second-order valence-corrected chi connectivity index (χ2v) is 5.46. The lowest BCUT2D eigenvalue weighted by atomic mass is 9.91. The van der Waals surface area contributed by atoms with Crippen molar-refractivity contribution in [1.82, 2.24) is 9.88 Å². The first-order valence-electron chi connectivity index (χ1n) is 7.18. The van der Waals surface area contributed by atoms with Gasteiger partial charge in [-0.15, -0.1) is 0 Å². The molecule has 0 atom stereocenters. The number of aliphatic hydroxyl groups is 1. The first-order valence-corrected chi connectivity index (χ1v) is 7.18. The van der Waals surface area contributed by atoms with Crippen LogP contribution in [0.2, 0.25) is 0 Å². The number of carbonyl (C=O) groups is 1. The predicted octanol–water partition coefficient (Wildman–Crippen LogP) is 1.52. The van der Waals surface area contributed by atoms with Gasteiger partial charge in [-0.2, -0.15) is 0 Å². The Hall–Kier alpha value is -1.62. The van der Waals surface area contributed by atoms with Gasteiger partial charge in [0.25, 0.3) is 5.91 Å². The number of aliphatic hydroxyl groups excluding tert-OH is 1. The van der Waals surface area contributed by atoms with Gasteiger partial charge in [-0.3, -0.25) is 4.79 Å². The SMILES string of the molecule is CN(C)c1ccc(C(=O)N(CCCO)C2CCC2)cn1. The van der Waals surface area contributed by atoms with E-state index in [0.29, 0.717) is 24.6 Å². The molecule has 5 nitrogen and oxygen atoms in total. The van der Waals surface area contributed by atoms with Crippen molar-refractivity contribution >= 4 is 11.7 Å². The fraction of sp³-hybridized carbons (Fsp3) is 0.600. The van der Waals surface area contributed by atoms with Gasteiger partial charge in [0, 0.05) is 39.5 Å². The van der Waals surface area contributed by atoms with Gasteiger partial charge in [0.1, 0.15) is 5.82 Å². The van der Waals surface area contributed by atoms with Crippen molar-refractivity contribution in [3.8, 4) is 0 Å². The molecule has 0 saturated heterocycles. The summed E-state index contributed by atoms with van der Waals surface area (Å²) in [7, 11) is 3.84. The van der Waals surface area contributed by atoms with Crippen molar-refractivity contribution in [2.75, 3.05) is 32.1 Å². The highest BCUT2D eigenvalue weighted by atomic mass is 16.3. The number of aromatic nitrogens is 1. The van der Waals surface area contributed by atoms with E-state index in [4.69, 9.17) is 5.11 Å². The Kier molecular flexibility index (Phi) is 4.95. The lowest BCUT2D eigenvalue weighted by Crippen LogP contribution is -2.45. The fourth-order valence-electron chi connectivity index (χ4n) is 2.33. The maximum Gasteiger partial charge on any atom is 0.255 e. The van der Waals surface area contributed by atoms with Gasteiger partial charge >= 0.3 is 0 Å². The minimum absolute atomic E-state index is 0.0287. The van der Waals surface area contributed by atoms with Crippen molar-refractivity contribution < 1.29 is 9.90 Å². The maximum absolute atomic E-state index is 12.6. The molecule has 0 spiro atoms. The molecule has 110 valence electrons. The number of amides is 1. The second-order valence-electron chi connectivity index (χ2n) is 5.46. The van der Waals surface area contributed by atoms with E-state index in [2.05, 4.69) is 4.98 Å². The van der Waals surface area contributed by atoms with Gasteiger partial charge < -0.3 is 14.9 Å². The molecule has 1 aliphatic carbocycles. The maximum atomic E-state index is 12.6. The average molecular weight is 277 g/mol. The third kappa shape index (κ3) is 3.28. The number of hydrogen-bond acceptors (Lipinski definition) is 4. The van der Waals surface area contributed by atoms with E-state index in [-0.39, 0.29) is 12.5 Å². The molecule has 1 saturated carbocycles. The van der Waals surface area contributed by atoms with Gasteiger partial charge in [-0.05, 0) is 37.8 Å². The van der Waals surface area contributed by atoms with Crippen LogP contribution in [0.3, 0.4) is 0 Å². The van der Waals surface area contributed by atoms with E-state index in [1.165, 1.54) is 6.42 Å². The van der Waals surface area contributed by atoms with Crippen molar-refractivity contribution in [3.05, 3.63) is 23.9 Å². The van der Waals surface area contributed by atoms with Crippen LogP contribution in [0.4, 0.5) is 5.82 Å². The van der Waals surface area contributed by atoms with Crippen molar-refractivity contribution in [2.45, 2.75) is 31.7 Å². The Morgan fingerprint density at radius 3 is 2.60 bits per heavy atom. The summed E-state index contributed by atoms with van der Waals surface area (Å²) in [6, 6.07) is 4.02. The van der Waals surface area contributed by atoms with Gasteiger partial charge in [0.15, 0.2) is 0 Å². The van der Waals surface area contributed by atoms with E-state index in [1.807, 2.05) is 36.0 Å². The Morgan fingerprint density at radius 2 is 2.15 bits per heavy atom. The van der Waals surface area contributed by atoms with Crippen LogP contribution in [-0.4, -0.2) is 54.2 Å². The predicted molar refractivity (Wildman–Crippen MR) is 78.9 cm³/mol. The Labute approximate surface area is 120 Å². The minimum Gasteiger partial charge on any atom is -0.396 e. The molecule has 1 N–H and O–H groups in total. The standard InChI is InChI=1S/C15H23N3O2/c1-17(2)14-8-7-12(11-16-14)15(20)18(9-4-10-19)13-5-3-6-13/h7-8,11,13,19H,3-6,9-10H2,1-2H3. The van der Waals surface area contributed by atoms with Crippen LogP contribution in [0.5, 0.6) is 0 Å². The summed E-state index contributed by atoms with van der Waals surface area (Å²) in [5, 5.41) is 8.98. The minimum atomic E-state index is 0.0287. The van der Waals surface area contributed by atoms with Crippen LogP contribution in [0.25, 0.3) is 0 Å². The largest absolute Gasteiger partial charge is 0.396 e. The molecule has 2 rings (SSSR count). The third-order valence-electron chi connectivity index (χ3n) is 3.79. The zero-order chi connectivity index (χ0) is 14.5. The van der Waals surface area contributed by atoms with Crippen LogP contribution in [0, 0.1) is 0 Å². The van der Waals surface area contributed by atoms with Crippen molar-refractivity contribution in [1.29, 1.82) is 0 Å². The number of rotatable bonds is 6. The smallest absolute Gasteiger partial charge is 0.255 e. The second kappa shape index (κ2) is 6.70. The highest BCUT2D eigenvalue weighted by Gasteiger charge is 2.29. The summed E-state index contributed by atoms with van der Waals surface area (Å²) >= 11 is 0. The molecule has 1 fully saturated rings. The summed E-state index contributed by atoms with van der Waals surface area (Å²) in [6.07, 6.45) is 5.60.